The number of thiocarbonyl (C=S) groups is 1. The fraction of sp³-hybridized carbons (Fsp3) is 0.400. The second-order valence-electron chi connectivity index (χ2n) is 7.64. The molecule has 12 heteroatoms. The van der Waals surface area contributed by atoms with Crippen molar-refractivity contribution in [2.24, 2.45) is 0 Å². The van der Waals surface area contributed by atoms with Crippen molar-refractivity contribution in [2.75, 3.05) is 37.1 Å². The van der Waals surface area contributed by atoms with Gasteiger partial charge in [0.1, 0.15) is 15.8 Å². The number of thioether (sulfide) groups is 1. The van der Waals surface area contributed by atoms with E-state index in [0.717, 1.165) is 17.3 Å². The summed E-state index contributed by atoms with van der Waals surface area (Å²) >= 11 is 6.43. The lowest BCUT2D eigenvalue weighted by molar-refractivity contribution is -0.123. The molecular formula is C20H22N4O5S3. The number of fused-ring (bicyclic) bond motifs is 1. The minimum Gasteiger partial charge on any atom is -0.383 e. The second-order valence-corrected chi connectivity index (χ2v) is 11.5. The topological polar surface area (TPSA) is 110 Å². The van der Waals surface area contributed by atoms with Crippen molar-refractivity contribution < 1.29 is 17.9 Å². The Labute approximate surface area is 194 Å². The van der Waals surface area contributed by atoms with Crippen LogP contribution in [0.25, 0.3) is 11.7 Å². The van der Waals surface area contributed by atoms with Gasteiger partial charge in [-0.15, -0.1) is 0 Å². The number of nitrogens with zero attached hydrogens (tertiary/aromatic N) is 3. The molecule has 170 valence electrons. The zero-order valence-corrected chi connectivity index (χ0v) is 20.0. The van der Waals surface area contributed by atoms with Gasteiger partial charge in [-0.2, -0.15) is 0 Å². The quantitative estimate of drug-likeness (QED) is 0.362. The third-order valence-electron chi connectivity index (χ3n) is 5.28. The summed E-state index contributed by atoms with van der Waals surface area (Å²) in [6.07, 6.45) is 3.53. The molecule has 0 aliphatic carbocycles. The van der Waals surface area contributed by atoms with Gasteiger partial charge in [0.2, 0.25) is 0 Å². The summed E-state index contributed by atoms with van der Waals surface area (Å²) in [5.41, 5.74) is 1.26. The highest BCUT2D eigenvalue weighted by Crippen LogP contribution is 2.36. The number of hydrogen-bond acceptors (Lipinski definition) is 9. The van der Waals surface area contributed by atoms with Crippen LogP contribution < -0.4 is 10.9 Å². The number of nitrogens with one attached hydrogen (secondary N) is 1. The SMILES string of the molecule is COCCNc1nc2ccc(C)cn2c(=O)c1/C=C1\SC(=S)N(C2CCS(=O)(=O)C2)C1=O. The monoisotopic (exact) mass is 494 g/mol. The largest absolute Gasteiger partial charge is 0.383 e. The number of rotatable bonds is 6. The van der Waals surface area contributed by atoms with E-state index in [9.17, 15) is 18.0 Å². The fourth-order valence-corrected chi connectivity index (χ4v) is 6.78. The highest BCUT2D eigenvalue weighted by Gasteiger charge is 2.42. The van der Waals surface area contributed by atoms with Crippen LogP contribution in [0.15, 0.2) is 28.0 Å². The highest BCUT2D eigenvalue weighted by atomic mass is 32.2. The fourth-order valence-electron chi connectivity index (χ4n) is 3.70. The number of pyridine rings is 1. The lowest BCUT2D eigenvalue weighted by Crippen LogP contribution is -2.39. The molecule has 9 nitrogen and oxygen atoms in total. The van der Waals surface area contributed by atoms with E-state index in [0.29, 0.717) is 35.4 Å². The van der Waals surface area contributed by atoms with Crippen molar-refractivity contribution in [1.29, 1.82) is 0 Å². The molecule has 4 heterocycles. The Hall–Kier alpha value is -2.28. The molecular weight excluding hydrogens is 472 g/mol. The van der Waals surface area contributed by atoms with Gasteiger partial charge in [-0.1, -0.05) is 30.0 Å². The number of anilines is 1. The Morgan fingerprint density at radius 2 is 2.16 bits per heavy atom. The lowest BCUT2D eigenvalue weighted by atomic mass is 10.2. The number of amides is 1. The Morgan fingerprint density at radius 1 is 1.38 bits per heavy atom. The highest BCUT2D eigenvalue weighted by molar-refractivity contribution is 8.26. The summed E-state index contributed by atoms with van der Waals surface area (Å²) in [5, 5.41) is 3.10. The van der Waals surface area contributed by atoms with Gasteiger partial charge in [0.05, 0.1) is 34.6 Å². The third kappa shape index (κ3) is 4.45. The predicted octanol–water partition coefficient (Wildman–Crippen LogP) is 1.45. The molecule has 2 aliphatic rings. The zero-order valence-electron chi connectivity index (χ0n) is 17.5. The van der Waals surface area contributed by atoms with E-state index in [1.165, 1.54) is 15.4 Å². The molecule has 1 atom stereocenters. The van der Waals surface area contributed by atoms with Crippen molar-refractivity contribution >= 4 is 61.6 Å². The van der Waals surface area contributed by atoms with Crippen LogP contribution in [-0.4, -0.2) is 70.7 Å². The minimum atomic E-state index is -3.18. The number of carbonyl (C=O) groups excluding carboxylic acids is 1. The zero-order chi connectivity index (χ0) is 23.0. The molecule has 1 N–H and O–H groups in total. The van der Waals surface area contributed by atoms with Crippen LogP contribution in [0.4, 0.5) is 5.82 Å². The summed E-state index contributed by atoms with van der Waals surface area (Å²) in [6, 6.07) is 3.14. The maximum Gasteiger partial charge on any atom is 0.267 e. The van der Waals surface area contributed by atoms with Crippen molar-refractivity contribution in [1.82, 2.24) is 14.3 Å². The Balaban J connectivity index is 1.75. The first-order chi connectivity index (χ1) is 15.2. The second kappa shape index (κ2) is 8.93. The Kier molecular flexibility index (Phi) is 6.39. The minimum absolute atomic E-state index is 0.0383. The molecule has 0 aromatic carbocycles. The molecule has 0 radical (unpaired) electrons. The van der Waals surface area contributed by atoms with E-state index in [-0.39, 0.29) is 27.5 Å². The van der Waals surface area contributed by atoms with Crippen molar-refractivity contribution in [3.8, 4) is 0 Å². The number of aryl methyl sites for hydroxylation is 1. The average molecular weight is 495 g/mol. The van der Waals surface area contributed by atoms with Gasteiger partial charge >= 0.3 is 0 Å². The van der Waals surface area contributed by atoms with E-state index in [4.69, 9.17) is 17.0 Å². The van der Waals surface area contributed by atoms with Crippen LogP contribution in [0.5, 0.6) is 0 Å². The van der Waals surface area contributed by atoms with Gasteiger partial charge in [0, 0.05) is 19.9 Å². The van der Waals surface area contributed by atoms with Gasteiger partial charge in [0.15, 0.2) is 9.84 Å². The summed E-state index contributed by atoms with van der Waals surface area (Å²) in [6.45, 7) is 2.70. The molecule has 1 unspecified atom stereocenters. The average Bonchev–Trinajstić information content (AvgIpc) is 3.23. The number of aromatic nitrogens is 2. The van der Waals surface area contributed by atoms with Crippen molar-refractivity contribution in [2.45, 2.75) is 19.4 Å². The molecule has 2 fully saturated rings. The third-order valence-corrected chi connectivity index (χ3v) is 8.36. The number of sulfone groups is 1. The van der Waals surface area contributed by atoms with Crippen molar-refractivity contribution in [3.63, 3.8) is 0 Å². The molecule has 0 spiro atoms. The molecule has 1 amide bonds. The van der Waals surface area contributed by atoms with Crippen LogP contribution in [-0.2, 0) is 19.4 Å². The molecule has 2 aliphatic heterocycles. The van der Waals surface area contributed by atoms with E-state index < -0.39 is 21.8 Å². The van der Waals surface area contributed by atoms with Gasteiger partial charge in [-0.25, -0.2) is 13.4 Å². The van der Waals surface area contributed by atoms with Crippen LogP contribution in [0.1, 0.15) is 17.5 Å². The molecule has 4 rings (SSSR count). The van der Waals surface area contributed by atoms with Gasteiger partial charge in [-0.3, -0.25) is 18.9 Å². The predicted molar refractivity (Wildman–Crippen MR) is 129 cm³/mol. The van der Waals surface area contributed by atoms with E-state index >= 15 is 0 Å². The van der Waals surface area contributed by atoms with E-state index in [2.05, 4.69) is 10.3 Å². The van der Waals surface area contributed by atoms with Crippen LogP contribution in [0.2, 0.25) is 0 Å². The van der Waals surface area contributed by atoms with Crippen LogP contribution >= 0.6 is 24.0 Å². The normalized spacial score (nSPS) is 21.8. The van der Waals surface area contributed by atoms with Gasteiger partial charge in [0.25, 0.3) is 11.5 Å². The first-order valence-corrected chi connectivity index (χ1v) is 13.0. The van der Waals surface area contributed by atoms with Crippen LogP contribution in [0, 0.1) is 6.92 Å². The smallest absolute Gasteiger partial charge is 0.267 e. The summed E-state index contributed by atoms with van der Waals surface area (Å²) in [7, 11) is -1.61. The van der Waals surface area contributed by atoms with Gasteiger partial charge in [-0.05, 0) is 31.1 Å². The molecule has 2 saturated heterocycles. The maximum absolute atomic E-state index is 13.3. The standard InChI is InChI=1S/C20H22N4O5S3/c1-12-3-4-16-22-17(21-6-7-29-2)14(18(25)23(16)10-12)9-15-19(26)24(20(30)31-15)13-5-8-32(27,28)11-13/h3-4,9-10,13,21H,5-8,11H2,1-2H3/b15-9-. The first kappa shape index (κ1) is 22.9. The molecule has 2 aromatic rings. The van der Waals surface area contributed by atoms with Crippen molar-refractivity contribution in [3.05, 3.63) is 44.7 Å². The maximum atomic E-state index is 13.3. The molecule has 32 heavy (non-hydrogen) atoms. The molecule has 2 aromatic heterocycles. The van der Waals surface area contributed by atoms with E-state index in [1.807, 2.05) is 13.0 Å². The lowest BCUT2D eigenvalue weighted by Gasteiger charge is -2.20. The van der Waals surface area contributed by atoms with Gasteiger partial charge < -0.3 is 10.1 Å². The summed E-state index contributed by atoms with van der Waals surface area (Å²) < 4.78 is 30.6. The van der Waals surface area contributed by atoms with E-state index in [1.54, 1.807) is 19.4 Å². The Bertz CT molecular complexity index is 1300. The number of ether oxygens (including phenoxy) is 1. The van der Waals surface area contributed by atoms with Crippen LogP contribution in [0.3, 0.4) is 0 Å². The number of hydrogen-bond donors (Lipinski definition) is 1. The Morgan fingerprint density at radius 3 is 2.84 bits per heavy atom. The number of methoxy groups -OCH3 is 1. The summed E-state index contributed by atoms with van der Waals surface area (Å²) in [5.74, 6) is -0.115. The molecule has 0 saturated carbocycles. The first-order valence-electron chi connectivity index (χ1n) is 9.93. The number of carbonyl (C=O) groups is 1. The summed E-state index contributed by atoms with van der Waals surface area (Å²) in [4.78, 5) is 32.6. The molecule has 0 bridgehead atoms.